The molecule has 1 aliphatic heterocycles. The van der Waals surface area contributed by atoms with Crippen molar-refractivity contribution in [2.75, 3.05) is 42.7 Å². The number of halogens is 1. The Hall–Kier alpha value is -1.97. The summed E-state index contributed by atoms with van der Waals surface area (Å²) < 4.78 is 5.63. The summed E-state index contributed by atoms with van der Waals surface area (Å²) in [7, 11) is 4.26. The van der Waals surface area contributed by atoms with Crippen LogP contribution in [0.15, 0.2) is 18.2 Å². The second kappa shape index (κ2) is 12.3. The number of piperidine rings is 1. The van der Waals surface area contributed by atoms with Crippen LogP contribution in [0.4, 0.5) is 23.5 Å². The molecule has 8 nitrogen and oxygen atoms in total. The highest BCUT2D eigenvalue weighted by molar-refractivity contribution is 7.80. The molecule has 2 N–H and O–H groups in total. The van der Waals surface area contributed by atoms with Gasteiger partial charge in [0.2, 0.25) is 17.8 Å². The lowest BCUT2D eigenvalue weighted by atomic mass is 10.0. The molecule has 1 saturated heterocycles. The summed E-state index contributed by atoms with van der Waals surface area (Å²) in [6.45, 7) is 4.01. The number of rotatable bonds is 8. The van der Waals surface area contributed by atoms with Gasteiger partial charge < -0.3 is 25.2 Å². The molecule has 1 aliphatic carbocycles. The fourth-order valence-corrected chi connectivity index (χ4v) is 5.12. The van der Waals surface area contributed by atoms with Crippen molar-refractivity contribution in [3.05, 3.63) is 23.2 Å². The highest BCUT2D eigenvalue weighted by atomic mass is 35.5. The van der Waals surface area contributed by atoms with Gasteiger partial charge in [0.05, 0.1) is 5.02 Å². The fourth-order valence-electron chi connectivity index (χ4n) is 4.78. The lowest BCUT2D eigenvalue weighted by Crippen LogP contribution is -2.42. The van der Waals surface area contributed by atoms with Crippen LogP contribution in [0.1, 0.15) is 58.3 Å². The number of benzene rings is 1. The molecule has 2 heterocycles. The number of nitrogens with one attached hydrogen (secondary N) is 2. The van der Waals surface area contributed by atoms with Crippen molar-refractivity contribution in [2.45, 2.75) is 75.8 Å². The molecule has 35 heavy (non-hydrogen) atoms. The Morgan fingerprint density at radius 3 is 2.40 bits per heavy atom. The third-order valence-electron chi connectivity index (χ3n) is 6.85. The van der Waals surface area contributed by atoms with E-state index in [0.717, 1.165) is 44.5 Å². The minimum absolute atomic E-state index is 0.245. The van der Waals surface area contributed by atoms with Crippen molar-refractivity contribution in [1.29, 1.82) is 0 Å². The molecule has 2 aliphatic rings. The van der Waals surface area contributed by atoms with Gasteiger partial charge in [-0.3, -0.25) is 0 Å². The monoisotopic (exact) mass is 519 g/mol. The Labute approximate surface area is 219 Å². The average Bonchev–Trinajstić information content (AvgIpc) is 3.09. The maximum Gasteiger partial charge on any atom is 0.233 e. The van der Waals surface area contributed by atoms with Gasteiger partial charge in [-0.1, -0.05) is 37.3 Å². The first kappa shape index (κ1) is 26.1. The number of ether oxygens (including phenoxy) is 1. The van der Waals surface area contributed by atoms with E-state index in [-0.39, 0.29) is 5.44 Å². The summed E-state index contributed by atoms with van der Waals surface area (Å²) in [5, 5.41) is 7.43. The molecule has 1 unspecified atom stereocenters. The van der Waals surface area contributed by atoms with Crippen LogP contribution in [0.2, 0.25) is 5.02 Å². The predicted molar refractivity (Wildman–Crippen MR) is 148 cm³/mol. The first-order valence-corrected chi connectivity index (χ1v) is 13.6. The summed E-state index contributed by atoms with van der Waals surface area (Å²) >= 11 is 10.7. The quantitative estimate of drug-likeness (QED) is 0.237. The van der Waals surface area contributed by atoms with E-state index in [1.807, 2.05) is 25.1 Å². The Morgan fingerprint density at radius 1 is 1.06 bits per heavy atom. The van der Waals surface area contributed by atoms with E-state index < -0.39 is 0 Å². The lowest BCUT2D eigenvalue weighted by molar-refractivity contribution is 0.252. The average molecular weight is 520 g/mol. The van der Waals surface area contributed by atoms with Crippen molar-refractivity contribution >= 4 is 47.8 Å². The van der Waals surface area contributed by atoms with Gasteiger partial charge >= 0.3 is 0 Å². The number of aromatic nitrogens is 3. The molecule has 2 aromatic rings. The zero-order chi connectivity index (χ0) is 24.8. The number of likely N-dealkylation sites (tertiary alicyclic amines) is 1. The zero-order valence-corrected chi connectivity index (χ0v) is 22.7. The van der Waals surface area contributed by atoms with Gasteiger partial charge in [-0.15, -0.1) is 12.6 Å². The number of hydrogen-bond donors (Lipinski definition) is 3. The first-order chi connectivity index (χ1) is 16.9. The van der Waals surface area contributed by atoms with Crippen LogP contribution in [-0.4, -0.2) is 64.6 Å². The van der Waals surface area contributed by atoms with Crippen molar-refractivity contribution in [1.82, 2.24) is 19.9 Å². The Kier molecular flexibility index (Phi) is 9.19. The van der Waals surface area contributed by atoms with Crippen molar-refractivity contribution in [2.24, 2.45) is 0 Å². The summed E-state index contributed by atoms with van der Waals surface area (Å²) in [6, 6.07) is 6.34. The number of anilines is 4. The summed E-state index contributed by atoms with van der Waals surface area (Å²) in [4.78, 5) is 18.9. The van der Waals surface area contributed by atoms with E-state index in [1.165, 1.54) is 25.7 Å². The topological polar surface area (TPSA) is 78.4 Å². The van der Waals surface area contributed by atoms with E-state index in [9.17, 15) is 0 Å². The van der Waals surface area contributed by atoms with Crippen LogP contribution in [0.25, 0.3) is 0 Å². The molecule has 1 aromatic heterocycles. The lowest BCUT2D eigenvalue weighted by Gasteiger charge is -2.35. The van der Waals surface area contributed by atoms with Crippen molar-refractivity contribution in [3.63, 3.8) is 0 Å². The minimum atomic E-state index is -0.245. The Morgan fingerprint density at radius 2 is 1.74 bits per heavy atom. The molecule has 2 fully saturated rings. The van der Waals surface area contributed by atoms with Crippen molar-refractivity contribution < 1.29 is 4.74 Å². The van der Waals surface area contributed by atoms with Gasteiger partial charge in [-0.2, -0.15) is 15.0 Å². The third kappa shape index (κ3) is 7.51. The van der Waals surface area contributed by atoms with Crippen LogP contribution in [0, 0.1) is 0 Å². The van der Waals surface area contributed by atoms with Gasteiger partial charge in [0.25, 0.3) is 0 Å². The normalized spacial score (nSPS) is 19.1. The van der Waals surface area contributed by atoms with E-state index in [2.05, 4.69) is 47.2 Å². The highest BCUT2D eigenvalue weighted by Crippen LogP contribution is 2.30. The summed E-state index contributed by atoms with van der Waals surface area (Å²) in [5.74, 6) is 2.40. The molecule has 0 spiro atoms. The van der Waals surface area contributed by atoms with E-state index in [1.54, 1.807) is 0 Å². The fraction of sp³-hybridized carbons (Fsp3) is 0.640. The largest absolute Gasteiger partial charge is 0.479 e. The predicted octanol–water partition coefficient (Wildman–Crippen LogP) is 5.59. The van der Waals surface area contributed by atoms with Gasteiger partial charge in [-0.05, 0) is 70.9 Å². The van der Waals surface area contributed by atoms with E-state index >= 15 is 0 Å². The van der Waals surface area contributed by atoms with Gasteiger partial charge in [0.1, 0.15) is 11.2 Å². The maximum absolute atomic E-state index is 6.43. The first-order valence-electron chi connectivity index (χ1n) is 12.7. The zero-order valence-electron chi connectivity index (χ0n) is 21.0. The van der Waals surface area contributed by atoms with Crippen LogP contribution in [-0.2, 0) is 0 Å². The summed E-state index contributed by atoms with van der Waals surface area (Å²) in [5.41, 5.74) is 0.541. The standard InChI is InChI=1S/C25H38ClN7OS/c1-17(35)34-22-11-10-19(16-21(22)26)28-24-29-23(27-18-8-6-4-5-7-9-18)30-25(31-24)33(3)20-12-14-32(2)15-13-20/h10-11,16-18,20,35H,4-9,12-15H2,1-3H3,(H2,27,28,29,30,31). The molecule has 192 valence electrons. The second-order valence-electron chi connectivity index (χ2n) is 9.75. The Balaban J connectivity index is 1.57. The smallest absolute Gasteiger partial charge is 0.233 e. The van der Waals surface area contributed by atoms with Crippen LogP contribution >= 0.6 is 24.2 Å². The van der Waals surface area contributed by atoms with Crippen LogP contribution in [0.3, 0.4) is 0 Å². The summed E-state index contributed by atoms with van der Waals surface area (Å²) in [6.07, 6.45) is 9.57. The molecular formula is C25H38ClN7OS. The van der Waals surface area contributed by atoms with E-state index in [4.69, 9.17) is 31.3 Å². The molecule has 1 saturated carbocycles. The van der Waals surface area contributed by atoms with Crippen LogP contribution < -0.4 is 20.3 Å². The number of nitrogens with zero attached hydrogens (tertiary/aromatic N) is 5. The molecular weight excluding hydrogens is 482 g/mol. The molecule has 1 atom stereocenters. The Bertz CT molecular complexity index is 963. The highest BCUT2D eigenvalue weighted by Gasteiger charge is 2.24. The van der Waals surface area contributed by atoms with Crippen molar-refractivity contribution in [3.8, 4) is 5.75 Å². The SMILES string of the molecule is CC(S)Oc1ccc(Nc2nc(NC3CCCCCC3)nc(N(C)C3CCN(C)CC3)n2)cc1Cl. The van der Waals surface area contributed by atoms with Gasteiger partial charge in [0.15, 0.2) is 0 Å². The molecule has 0 amide bonds. The minimum Gasteiger partial charge on any atom is -0.479 e. The molecule has 0 bridgehead atoms. The maximum atomic E-state index is 6.43. The molecule has 0 radical (unpaired) electrons. The number of thiol groups is 1. The third-order valence-corrected chi connectivity index (χ3v) is 7.25. The molecule has 10 heteroatoms. The second-order valence-corrected chi connectivity index (χ2v) is 10.9. The number of hydrogen-bond acceptors (Lipinski definition) is 9. The molecule has 4 rings (SSSR count). The molecule has 1 aromatic carbocycles. The van der Waals surface area contributed by atoms with Gasteiger partial charge in [-0.25, -0.2) is 0 Å². The van der Waals surface area contributed by atoms with E-state index in [0.29, 0.717) is 40.7 Å². The van der Waals surface area contributed by atoms with Gasteiger partial charge in [0, 0.05) is 24.8 Å². The van der Waals surface area contributed by atoms with Crippen LogP contribution in [0.5, 0.6) is 5.75 Å².